The van der Waals surface area contributed by atoms with Crippen LogP contribution in [0.1, 0.15) is 11.1 Å². The second-order valence-electron chi connectivity index (χ2n) is 11.2. The molecule has 248 valence electrons. The lowest BCUT2D eigenvalue weighted by Gasteiger charge is -2.10. The fourth-order valence-corrected chi connectivity index (χ4v) is 6.47. The molecule has 0 aliphatic rings. The maximum atomic E-state index is 12.2. The first-order valence-electron chi connectivity index (χ1n) is 14.4. The molecule has 6 aromatic carbocycles. The van der Waals surface area contributed by atoms with Crippen LogP contribution in [-0.2, 0) is 20.2 Å². The number of benzene rings is 6. The SMILES string of the molecule is Cc1cc(-c2ccc(N=Nc3c(O)ccc4ccc(N)cc34)c(C)c2)ccc1N=Nc1c(S(=O)(=O)O)cc2cc(S(=O)(=O)O)ccc2c1O. The number of hydrogen-bond donors (Lipinski definition) is 5. The van der Waals surface area contributed by atoms with Crippen LogP contribution in [0, 0.1) is 13.8 Å². The Bertz CT molecular complexity index is 2620. The van der Waals surface area contributed by atoms with E-state index in [1.54, 1.807) is 49.4 Å². The van der Waals surface area contributed by atoms with E-state index in [-0.39, 0.29) is 16.5 Å². The summed E-state index contributed by atoms with van der Waals surface area (Å²) in [5.41, 5.74) is 10.3. The Morgan fingerprint density at radius 2 is 1.16 bits per heavy atom. The van der Waals surface area contributed by atoms with Gasteiger partial charge in [0, 0.05) is 16.5 Å². The second kappa shape index (κ2) is 12.4. The van der Waals surface area contributed by atoms with E-state index in [1.165, 1.54) is 6.07 Å². The fourth-order valence-electron chi connectivity index (χ4n) is 5.30. The number of rotatable bonds is 7. The Hall–Kier alpha value is -5.74. The van der Waals surface area contributed by atoms with E-state index in [9.17, 15) is 36.2 Å². The van der Waals surface area contributed by atoms with Gasteiger partial charge in [0.2, 0.25) is 0 Å². The molecule has 0 aromatic heterocycles. The standard InChI is InChI=1S/C34H27N5O8S2/c1-18-13-21(4-10-28(18)36-38-32-27-17-24(35)7-3-20(27)6-12-30(32)40)22-5-11-29(19(2)14-22)37-39-33-31(49(45,46)47)16-23-15-25(48(42,43)44)8-9-26(23)34(33)41/h3-17,40-41H,35H2,1-2H3,(H,42,43,44)(H,45,46,47). The first-order chi connectivity index (χ1) is 23.1. The third-order valence-electron chi connectivity index (χ3n) is 7.84. The second-order valence-corrected chi connectivity index (χ2v) is 14.0. The number of hydrogen-bond acceptors (Lipinski definition) is 11. The number of fused-ring (bicyclic) bond motifs is 2. The Morgan fingerprint density at radius 3 is 1.73 bits per heavy atom. The Labute approximate surface area is 280 Å². The van der Waals surface area contributed by atoms with Crippen molar-refractivity contribution < 1.29 is 36.2 Å². The average molecular weight is 698 g/mol. The zero-order valence-electron chi connectivity index (χ0n) is 25.8. The lowest BCUT2D eigenvalue weighted by atomic mass is 10.0. The molecular formula is C34H27N5O8S2. The molecule has 0 atom stereocenters. The molecule has 0 heterocycles. The molecule has 0 aliphatic carbocycles. The summed E-state index contributed by atoms with van der Waals surface area (Å²) in [5, 5.41) is 39.6. The minimum absolute atomic E-state index is 0.0118. The van der Waals surface area contributed by atoms with Crippen LogP contribution in [0.3, 0.4) is 0 Å². The van der Waals surface area contributed by atoms with Crippen molar-refractivity contribution in [2.45, 2.75) is 23.6 Å². The molecule has 0 amide bonds. The Morgan fingerprint density at radius 1 is 0.571 bits per heavy atom. The van der Waals surface area contributed by atoms with Gasteiger partial charge in [-0.3, -0.25) is 9.11 Å². The Balaban J connectivity index is 1.30. The van der Waals surface area contributed by atoms with Crippen molar-refractivity contribution in [3.63, 3.8) is 0 Å². The van der Waals surface area contributed by atoms with Gasteiger partial charge >= 0.3 is 0 Å². The summed E-state index contributed by atoms with van der Waals surface area (Å²) in [5.74, 6) is -0.694. The predicted octanol–water partition coefficient (Wildman–Crippen LogP) is 8.59. The van der Waals surface area contributed by atoms with Gasteiger partial charge in [0.15, 0.2) is 5.75 Å². The van der Waals surface area contributed by atoms with Crippen LogP contribution < -0.4 is 5.73 Å². The highest BCUT2D eigenvalue weighted by Gasteiger charge is 2.23. The van der Waals surface area contributed by atoms with Crippen molar-refractivity contribution in [3.8, 4) is 22.6 Å². The van der Waals surface area contributed by atoms with Gasteiger partial charge in [0.25, 0.3) is 20.2 Å². The molecule has 15 heteroatoms. The molecule has 0 aliphatic heterocycles. The van der Waals surface area contributed by atoms with E-state index in [4.69, 9.17) is 5.73 Å². The van der Waals surface area contributed by atoms with Crippen molar-refractivity contribution >= 4 is 70.2 Å². The van der Waals surface area contributed by atoms with Gasteiger partial charge < -0.3 is 15.9 Å². The van der Waals surface area contributed by atoms with Crippen molar-refractivity contribution in [1.82, 2.24) is 0 Å². The van der Waals surface area contributed by atoms with Crippen LogP contribution in [0.25, 0.3) is 32.7 Å². The highest BCUT2D eigenvalue weighted by molar-refractivity contribution is 7.86. The first kappa shape index (κ1) is 33.2. The van der Waals surface area contributed by atoms with Crippen molar-refractivity contribution in [2.75, 3.05) is 5.73 Å². The zero-order chi connectivity index (χ0) is 35.2. The van der Waals surface area contributed by atoms with E-state index in [2.05, 4.69) is 20.5 Å². The van der Waals surface area contributed by atoms with Gasteiger partial charge in [-0.25, -0.2) is 0 Å². The summed E-state index contributed by atoms with van der Waals surface area (Å²) in [6, 6.07) is 23.6. The molecule has 13 nitrogen and oxygen atoms in total. The van der Waals surface area contributed by atoms with E-state index in [0.29, 0.717) is 33.7 Å². The van der Waals surface area contributed by atoms with E-state index >= 15 is 0 Å². The van der Waals surface area contributed by atoms with Gasteiger partial charge in [0.1, 0.15) is 22.0 Å². The average Bonchev–Trinajstić information content (AvgIpc) is 3.03. The lowest BCUT2D eigenvalue weighted by molar-refractivity contribution is 0.472. The smallest absolute Gasteiger partial charge is 0.296 e. The van der Waals surface area contributed by atoms with Crippen LogP contribution in [0.2, 0.25) is 0 Å². The summed E-state index contributed by atoms with van der Waals surface area (Å²) in [4.78, 5) is -1.34. The molecule has 0 saturated carbocycles. The highest BCUT2D eigenvalue weighted by atomic mass is 32.2. The minimum Gasteiger partial charge on any atom is -0.506 e. The normalized spacial score (nSPS) is 12.5. The highest BCUT2D eigenvalue weighted by Crippen LogP contribution is 2.43. The largest absolute Gasteiger partial charge is 0.506 e. The first-order valence-corrected chi connectivity index (χ1v) is 17.3. The summed E-state index contributed by atoms with van der Waals surface area (Å²) in [6.07, 6.45) is 0. The summed E-state index contributed by atoms with van der Waals surface area (Å²) >= 11 is 0. The third-order valence-corrected chi connectivity index (χ3v) is 9.55. The van der Waals surface area contributed by atoms with Crippen LogP contribution in [0.4, 0.5) is 28.4 Å². The van der Waals surface area contributed by atoms with Gasteiger partial charge in [-0.1, -0.05) is 24.3 Å². The maximum Gasteiger partial charge on any atom is 0.296 e. The molecule has 6 rings (SSSR count). The maximum absolute atomic E-state index is 12.2. The molecule has 6 aromatic rings. The van der Waals surface area contributed by atoms with Crippen molar-refractivity contribution in [1.29, 1.82) is 0 Å². The van der Waals surface area contributed by atoms with Gasteiger partial charge in [-0.2, -0.15) is 27.1 Å². The number of aryl methyl sites for hydroxylation is 2. The van der Waals surface area contributed by atoms with Crippen LogP contribution in [0.5, 0.6) is 11.5 Å². The summed E-state index contributed by atoms with van der Waals surface area (Å²) in [7, 11) is -9.58. The summed E-state index contributed by atoms with van der Waals surface area (Å²) < 4.78 is 66.7. The third kappa shape index (κ3) is 6.68. The number of aromatic hydroxyl groups is 2. The molecular weight excluding hydrogens is 671 g/mol. The molecule has 0 fully saturated rings. The van der Waals surface area contributed by atoms with Crippen LogP contribution in [0.15, 0.2) is 121 Å². The van der Waals surface area contributed by atoms with E-state index in [0.717, 1.165) is 40.3 Å². The van der Waals surface area contributed by atoms with Gasteiger partial charge in [-0.15, -0.1) is 10.2 Å². The molecule has 6 N–H and O–H groups in total. The van der Waals surface area contributed by atoms with Crippen molar-refractivity contribution in [2.24, 2.45) is 20.5 Å². The molecule has 0 unspecified atom stereocenters. The number of phenolic OH excluding ortho intramolecular Hbond substituents is 2. The Kier molecular flexibility index (Phi) is 8.37. The zero-order valence-corrected chi connectivity index (χ0v) is 27.4. The van der Waals surface area contributed by atoms with Gasteiger partial charge in [-0.05, 0) is 114 Å². The van der Waals surface area contributed by atoms with Crippen LogP contribution in [-0.4, -0.2) is 36.2 Å². The number of nitrogens with zero attached hydrogens (tertiary/aromatic N) is 4. The van der Waals surface area contributed by atoms with Crippen molar-refractivity contribution in [3.05, 3.63) is 102 Å². The van der Waals surface area contributed by atoms with Gasteiger partial charge in [0.05, 0.1) is 16.3 Å². The number of phenols is 2. The topological polar surface area (TPSA) is 225 Å². The van der Waals surface area contributed by atoms with E-state index in [1.807, 2.05) is 31.2 Å². The molecule has 0 spiro atoms. The van der Waals surface area contributed by atoms with E-state index < -0.39 is 41.5 Å². The predicted molar refractivity (Wildman–Crippen MR) is 185 cm³/mol. The molecule has 49 heavy (non-hydrogen) atoms. The number of nitrogen functional groups attached to an aromatic ring is 1. The molecule has 0 bridgehead atoms. The quantitative estimate of drug-likeness (QED) is 0.0610. The fraction of sp³-hybridized carbons (Fsp3) is 0.0588. The number of azo groups is 2. The van der Waals surface area contributed by atoms with Crippen LogP contribution >= 0.6 is 0 Å². The number of nitrogens with two attached hydrogens (primary N) is 1. The molecule has 0 radical (unpaired) electrons. The monoisotopic (exact) mass is 697 g/mol. The number of anilines is 1. The molecule has 0 saturated heterocycles. The summed E-state index contributed by atoms with van der Waals surface area (Å²) in [6.45, 7) is 3.64. The minimum atomic E-state index is -4.95. The lowest BCUT2D eigenvalue weighted by Crippen LogP contribution is -2.00.